The number of rotatable bonds is 9. The largest absolute Gasteiger partial charge is 0.490 e. The van der Waals surface area contributed by atoms with Crippen LogP contribution in [0.5, 0.6) is 11.5 Å². The average Bonchev–Trinajstić information content (AvgIpc) is 2.63. The van der Waals surface area contributed by atoms with Crippen LogP contribution in [0.1, 0.15) is 37.0 Å². The Kier molecular flexibility index (Phi) is 7.95. The number of hydrogen-bond donors (Lipinski definition) is 3. The highest BCUT2D eigenvalue weighted by atomic mass is 35.5. The summed E-state index contributed by atoms with van der Waals surface area (Å²) in [6.07, 6.45) is 1.88. The lowest BCUT2D eigenvalue weighted by Crippen LogP contribution is -2.19. The summed E-state index contributed by atoms with van der Waals surface area (Å²) in [5, 5.41) is 5.51. The number of carbonyl (C=O) groups excluding carboxylic acids is 2. The van der Waals surface area contributed by atoms with E-state index in [0.717, 1.165) is 12.8 Å². The fraction of sp³-hybridized carbons (Fsp3) is 0.300. The van der Waals surface area contributed by atoms with Gasteiger partial charge in [0.15, 0.2) is 11.5 Å². The van der Waals surface area contributed by atoms with E-state index in [1.807, 2.05) is 6.92 Å². The molecule has 0 aromatic heterocycles. The predicted octanol–water partition coefficient (Wildman–Crippen LogP) is 4.66. The number of unbranched alkanes of at least 4 members (excludes halogenated alkanes) is 1. The molecule has 4 N–H and O–H groups in total. The number of nitrogens with one attached hydrogen (secondary N) is 2. The van der Waals surface area contributed by atoms with Gasteiger partial charge in [0.2, 0.25) is 0 Å². The third-order valence-electron chi connectivity index (χ3n) is 3.70. The zero-order valence-electron chi connectivity index (χ0n) is 15.9. The smallest absolute Gasteiger partial charge is 0.316 e. The maximum absolute atomic E-state index is 12.6. The number of hydrogen-bond acceptors (Lipinski definition) is 4. The van der Waals surface area contributed by atoms with E-state index < -0.39 is 6.03 Å². The van der Waals surface area contributed by atoms with E-state index in [2.05, 4.69) is 17.6 Å². The van der Waals surface area contributed by atoms with Crippen LogP contribution in [0.15, 0.2) is 36.4 Å². The van der Waals surface area contributed by atoms with Crippen molar-refractivity contribution in [2.45, 2.75) is 26.7 Å². The summed E-state index contributed by atoms with van der Waals surface area (Å²) in [6.45, 7) is 4.83. The highest BCUT2D eigenvalue weighted by Gasteiger charge is 2.17. The van der Waals surface area contributed by atoms with Gasteiger partial charge in [0.25, 0.3) is 5.91 Å². The third kappa shape index (κ3) is 6.06. The summed E-state index contributed by atoms with van der Waals surface area (Å²) >= 11 is 6.33. The minimum Gasteiger partial charge on any atom is -0.490 e. The molecule has 0 bridgehead atoms. The number of urea groups is 1. The average molecular weight is 406 g/mol. The molecular formula is C20H24ClN3O4. The van der Waals surface area contributed by atoms with Gasteiger partial charge in [-0.15, -0.1) is 0 Å². The summed E-state index contributed by atoms with van der Waals surface area (Å²) in [5.41, 5.74) is 6.40. The number of carbonyl (C=O) groups is 2. The molecule has 0 spiro atoms. The molecule has 0 unspecified atom stereocenters. The van der Waals surface area contributed by atoms with Gasteiger partial charge in [-0.2, -0.15) is 0 Å². The van der Waals surface area contributed by atoms with Gasteiger partial charge in [0.1, 0.15) is 0 Å². The molecule has 0 aliphatic heterocycles. The minimum absolute atomic E-state index is 0.302. The molecule has 0 saturated carbocycles. The van der Waals surface area contributed by atoms with Crippen molar-refractivity contribution in [2.75, 3.05) is 23.8 Å². The molecular weight excluding hydrogens is 382 g/mol. The second-order valence-corrected chi connectivity index (χ2v) is 6.35. The first-order valence-electron chi connectivity index (χ1n) is 9.01. The van der Waals surface area contributed by atoms with Crippen LogP contribution in [-0.2, 0) is 0 Å². The highest BCUT2D eigenvalue weighted by Crippen LogP contribution is 2.37. The number of amides is 3. The van der Waals surface area contributed by atoms with Crippen molar-refractivity contribution in [3.8, 4) is 11.5 Å². The normalized spacial score (nSPS) is 10.2. The molecule has 2 aromatic rings. The number of halogens is 1. The molecule has 2 aromatic carbocycles. The van der Waals surface area contributed by atoms with Crippen LogP contribution < -0.4 is 25.8 Å². The van der Waals surface area contributed by atoms with Gasteiger partial charge >= 0.3 is 6.03 Å². The molecule has 150 valence electrons. The van der Waals surface area contributed by atoms with Crippen LogP contribution in [0.25, 0.3) is 0 Å². The number of anilines is 2. The Balaban J connectivity index is 2.21. The van der Waals surface area contributed by atoms with E-state index in [-0.39, 0.29) is 5.91 Å². The number of ether oxygens (including phenoxy) is 2. The number of nitrogens with two attached hydrogens (primary N) is 1. The van der Waals surface area contributed by atoms with Gasteiger partial charge in [0, 0.05) is 16.9 Å². The lowest BCUT2D eigenvalue weighted by atomic mass is 10.1. The maximum atomic E-state index is 12.6. The van der Waals surface area contributed by atoms with Gasteiger partial charge in [0.05, 0.1) is 18.2 Å². The van der Waals surface area contributed by atoms with Crippen molar-refractivity contribution in [2.24, 2.45) is 5.73 Å². The minimum atomic E-state index is -0.685. The van der Waals surface area contributed by atoms with Gasteiger partial charge in [-0.1, -0.05) is 31.0 Å². The first-order valence-corrected chi connectivity index (χ1v) is 9.39. The molecule has 8 heteroatoms. The van der Waals surface area contributed by atoms with Crippen LogP contribution in [0.3, 0.4) is 0 Å². The number of primary amides is 1. The molecule has 0 aliphatic carbocycles. The molecule has 0 heterocycles. The Bertz CT molecular complexity index is 842. The Morgan fingerprint density at radius 2 is 1.79 bits per heavy atom. The predicted molar refractivity (Wildman–Crippen MR) is 111 cm³/mol. The lowest BCUT2D eigenvalue weighted by Gasteiger charge is -2.15. The molecule has 0 aliphatic rings. The van der Waals surface area contributed by atoms with Crippen molar-refractivity contribution in [1.29, 1.82) is 0 Å². The standard InChI is InChI=1S/C20H24ClN3O4/c1-3-5-9-28-18-16(21)10-13(11-17(18)27-4-2)19(25)23-14-7-6-8-15(12-14)24-20(22)26/h6-8,10-12H,3-5,9H2,1-2H3,(H,23,25)(H3,22,24,26). The van der Waals surface area contributed by atoms with Crippen molar-refractivity contribution >= 4 is 34.9 Å². The second kappa shape index (κ2) is 10.4. The molecule has 28 heavy (non-hydrogen) atoms. The zero-order valence-corrected chi connectivity index (χ0v) is 16.6. The fourth-order valence-corrected chi connectivity index (χ4v) is 2.71. The van der Waals surface area contributed by atoms with Crippen LogP contribution in [0, 0.1) is 0 Å². The zero-order chi connectivity index (χ0) is 20.5. The van der Waals surface area contributed by atoms with E-state index in [9.17, 15) is 9.59 Å². The van der Waals surface area contributed by atoms with Crippen molar-refractivity contribution in [3.63, 3.8) is 0 Å². The summed E-state index contributed by atoms with van der Waals surface area (Å²) in [5.74, 6) is 0.473. The highest BCUT2D eigenvalue weighted by molar-refractivity contribution is 6.32. The van der Waals surface area contributed by atoms with Gasteiger partial charge in [-0.3, -0.25) is 4.79 Å². The lowest BCUT2D eigenvalue weighted by molar-refractivity contribution is 0.102. The fourth-order valence-electron chi connectivity index (χ4n) is 2.44. The van der Waals surface area contributed by atoms with E-state index in [1.54, 1.807) is 30.3 Å². The summed E-state index contributed by atoms with van der Waals surface area (Å²) < 4.78 is 11.3. The molecule has 7 nitrogen and oxygen atoms in total. The molecule has 2 rings (SSSR count). The Morgan fingerprint density at radius 3 is 2.43 bits per heavy atom. The Labute approximate surface area is 169 Å². The van der Waals surface area contributed by atoms with Crippen LogP contribution in [0.2, 0.25) is 5.02 Å². The van der Waals surface area contributed by atoms with E-state index in [4.69, 9.17) is 26.8 Å². The molecule has 0 atom stereocenters. The summed E-state index contributed by atoms with van der Waals surface area (Å²) in [6, 6.07) is 9.07. The Morgan fingerprint density at radius 1 is 1.07 bits per heavy atom. The Hall–Kier alpha value is -2.93. The topological polar surface area (TPSA) is 103 Å². The molecule has 0 radical (unpaired) electrons. The van der Waals surface area contributed by atoms with Crippen molar-refractivity contribution in [1.82, 2.24) is 0 Å². The van der Waals surface area contributed by atoms with E-state index in [0.29, 0.717) is 46.7 Å². The van der Waals surface area contributed by atoms with Gasteiger partial charge < -0.3 is 25.8 Å². The molecule has 0 fully saturated rings. The van der Waals surface area contributed by atoms with E-state index in [1.165, 1.54) is 6.07 Å². The monoisotopic (exact) mass is 405 g/mol. The SMILES string of the molecule is CCCCOc1c(Cl)cc(C(=O)Nc2cccc(NC(N)=O)c2)cc1OCC. The van der Waals surface area contributed by atoms with Gasteiger partial charge in [-0.05, 0) is 43.7 Å². The van der Waals surface area contributed by atoms with Crippen molar-refractivity contribution in [3.05, 3.63) is 47.0 Å². The molecule has 0 saturated heterocycles. The second-order valence-electron chi connectivity index (χ2n) is 5.94. The molecule has 3 amide bonds. The maximum Gasteiger partial charge on any atom is 0.316 e. The number of benzene rings is 2. The van der Waals surface area contributed by atoms with Crippen LogP contribution >= 0.6 is 11.6 Å². The van der Waals surface area contributed by atoms with Gasteiger partial charge in [-0.25, -0.2) is 4.79 Å². The summed E-state index contributed by atoms with van der Waals surface area (Å²) in [7, 11) is 0. The van der Waals surface area contributed by atoms with Crippen LogP contribution in [-0.4, -0.2) is 25.2 Å². The van der Waals surface area contributed by atoms with Crippen LogP contribution in [0.4, 0.5) is 16.2 Å². The van der Waals surface area contributed by atoms with Crippen molar-refractivity contribution < 1.29 is 19.1 Å². The first kappa shape index (κ1) is 21.4. The summed E-state index contributed by atoms with van der Waals surface area (Å²) in [4.78, 5) is 23.6. The first-order chi connectivity index (χ1) is 13.4. The third-order valence-corrected chi connectivity index (χ3v) is 3.98. The van der Waals surface area contributed by atoms with E-state index >= 15 is 0 Å². The quantitative estimate of drug-likeness (QED) is 0.528.